The van der Waals surface area contributed by atoms with Crippen molar-refractivity contribution in [3.05, 3.63) is 71.8 Å². The zero-order chi connectivity index (χ0) is 15.8. The van der Waals surface area contributed by atoms with Crippen LogP contribution in [0.5, 0.6) is 0 Å². The number of carbonyl (C=O) groups is 1. The van der Waals surface area contributed by atoms with Crippen molar-refractivity contribution in [2.24, 2.45) is 0 Å². The van der Waals surface area contributed by atoms with Crippen molar-refractivity contribution in [1.82, 2.24) is 5.32 Å². The number of rotatable bonds is 4. The molecule has 2 aromatic rings. The van der Waals surface area contributed by atoms with E-state index in [2.05, 4.69) is 17.2 Å². The van der Waals surface area contributed by atoms with Crippen molar-refractivity contribution >= 4 is 5.91 Å². The van der Waals surface area contributed by atoms with Gasteiger partial charge in [-0.2, -0.15) is 0 Å². The number of aliphatic hydroxyl groups is 1. The number of aliphatic hydroxyl groups excluding tert-OH is 1. The molecule has 3 heteroatoms. The summed E-state index contributed by atoms with van der Waals surface area (Å²) < 4.78 is 0. The van der Waals surface area contributed by atoms with Crippen LogP contribution in [-0.2, 0) is 11.2 Å². The van der Waals surface area contributed by atoms with E-state index in [9.17, 15) is 9.90 Å². The van der Waals surface area contributed by atoms with Crippen molar-refractivity contribution in [1.29, 1.82) is 0 Å². The fourth-order valence-electron chi connectivity index (χ4n) is 2.02. The quantitative estimate of drug-likeness (QED) is 0.849. The van der Waals surface area contributed by atoms with Gasteiger partial charge in [-0.1, -0.05) is 54.5 Å². The number of hydrogen-bond acceptors (Lipinski definition) is 2. The monoisotopic (exact) mass is 293 g/mol. The van der Waals surface area contributed by atoms with Gasteiger partial charge in [-0.25, -0.2) is 0 Å². The lowest BCUT2D eigenvalue weighted by Crippen LogP contribution is -2.41. The van der Waals surface area contributed by atoms with Crippen molar-refractivity contribution in [3.63, 3.8) is 0 Å². The third-order valence-corrected chi connectivity index (χ3v) is 3.32. The molecule has 2 aromatic carbocycles. The lowest BCUT2D eigenvalue weighted by molar-refractivity contribution is -0.117. The van der Waals surface area contributed by atoms with Crippen molar-refractivity contribution < 1.29 is 9.90 Å². The molecule has 2 N–H and O–H groups in total. The highest BCUT2D eigenvalue weighted by Gasteiger charge is 2.16. The molecule has 2 rings (SSSR count). The summed E-state index contributed by atoms with van der Waals surface area (Å²) >= 11 is 0. The van der Waals surface area contributed by atoms with E-state index in [0.717, 1.165) is 11.1 Å². The summed E-state index contributed by atoms with van der Waals surface area (Å²) in [5.74, 6) is 4.95. The van der Waals surface area contributed by atoms with Crippen LogP contribution >= 0.6 is 0 Å². The van der Waals surface area contributed by atoms with Crippen LogP contribution in [0.2, 0.25) is 0 Å². The second-order valence-corrected chi connectivity index (χ2v) is 5.14. The number of hydrogen-bond donors (Lipinski definition) is 2. The van der Waals surface area contributed by atoms with Gasteiger partial charge >= 0.3 is 0 Å². The van der Waals surface area contributed by atoms with E-state index < -0.39 is 6.10 Å². The van der Waals surface area contributed by atoms with Gasteiger partial charge in [-0.3, -0.25) is 4.79 Å². The van der Waals surface area contributed by atoms with Gasteiger partial charge in [0.05, 0.1) is 12.1 Å². The Hall–Kier alpha value is -2.57. The second-order valence-electron chi connectivity index (χ2n) is 5.14. The van der Waals surface area contributed by atoms with Gasteiger partial charge in [-0.15, -0.1) is 0 Å². The molecule has 0 aliphatic carbocycles. The molecule has 1 amide bonds. The van der Waals surface area contributed by atoms with Gasteiger partial charge in [0.2, 0.25) is 0 Å². The van der Waals surface area contributed by atoms with Crippen LogP contribution in [-0.4, -0.2) is 23.2 Å². The molecule has 0 bridgehead atoms. The third kappa shape index (κ3) is 5.08. The molecular formula is C19H19NO2. The lowest BCUT2D eigenvalue weighted by atomic mass is 10.0. The highest BCUT2D eigenvalue weighted by atomic mass is 16.3. The van der Waals surface area contributed by atoms with Crippen LogP contribution in [0.15, 0.2) is 60.7 Å². The molecule has 3 nitrogen and oxygen atoms in total. The Morgan fingerprint density at radius 3 is 2.32 bits per heavy atom. The zero-order valence-corrected chi connectivity index (χ0v) is 12.5. The predicted molar refractivity (Wildman–Crippen MR) is 87.1 cm³/mol. The highest BCUT2D eigenvalue weighted by molar-refractivity contribution is 5.94. The molecular weight excluding hydrogens is 274 g/mol. The van der Waals surface area contributed by atoms with Gasteiger partial charge in [-0.05, 0) is 24.6 Å². The largest absolute Gasteiger partial charge is 0.391 e. The van der Waals surface area contributed by atoms with Gasteiger partial charge < -0.3 is 10.4 Å². The maximum atomic E-state index is 11.8. The first-order chi connectivity index (χ1) is 10.6. The van der Waals surface area contributed by atoms with Crippen molar-refractivity contribution in [2.45, 2.75) is 25.5 Å². The Bertz CT molecular complexity index is 656. The van der Waals surface area contributed by atoms with Gasteiger partial charge in [0.25, 0.3) is 5.91 Å². The third-order valence-electron chi connectivity index (χ3n) is 3.32. The minimum Gasteiger partial charge on any atom is -0.391 e. The Morgan fingerprint density at radius 1 is 1.09 bits per heavy atom. The fourth-order valence-corrected chi connectivity index (χ4v) is 2.02. The smallest absolute Gasteiger partial charge is 0.296 e. The maximum absolute atomic E-state index is 11.8. The van der Waals surface area contributed by atoms with E-state index >= 15 is 0 Å². The summed E-state index contributed by atoms with van der Waals surface area (Å²) in [5.41, 5.74) is 1.82. The number of amides is 1. The molecule has 0 fully saturated rings. The van der Waals surface area contributed by atoms with Crippen LogP contribution in [0.1, 0.15) is 18.1 Å². The first-order valence-corrected chi connectivity index (χ1v) is 7.24. The van der Waals surface area contributed by atoms with Crippen LogP contribution < -0.4 is 5.32 Å². The Morgan fingerprint density at radius 2 is 1.68 bits per heavy atom. The minimum absolute atomic E-state index is 0.363. The van der Waals surface area contributed by atoms with Crippen LogP contribution in [0, 0.1) is 11.8 Å². The topological polar surface area (TPSA) is 49.3 Å². The molecule has 0 aliphatic heterocycles. The molecule has 0 radical (unpaired) electrons. The maximum Gasteiger partial charge on any atom is 0.296 e. The molecule has 0 aliphatic rings. The van der Waals surface area contributed by atoms with Crippen LogP contribution in [0.4, 0.5) is 0 Å². The van der Waals surface area contributed by atoms with E-state index in [4.69, 9.17) is 0 Å². The van der Waals surface area contributed by atoms with Crippen molar-refractivity contribution in [3.8, 4) is 11.8 Å². The molecule has 0 spiro atoms. The van der Waals surface area contributed by atoms with Gasteiger partial charge in [0.15, 0.2) is 0 Å². The number of benzene rings is 2. The van der Waals surface area contributed by atoms with E-state index in [1.807, 2.05) is 60.7 Å². The molecule has 0 heterocycles. The highest BCUT2D eigenvalue weighted by Crippen LogP contribution is 2.05. The Labute approximate surface area is 131 Å². The van der Waals surface area contributed by atoms with Gasteiger partial charge in [0.1, 0.15) is 0 Å². The molecule has 0 saturated heterocycles. The summed E-state index contributed by atoms with van der Waals surface area (Å²) in [6.45, 7) is 1.77. The van der Waals surface area contributed by atoms with E-state index in [0.29, 0.717) is 6.42 Å². The minimum atomic E-state index is -0.648. The first-order valence-electron chi connectivity index (χ1n) is 7.24. The van der Waals surface area contributed by atoms with Gasteiger partial charge in [0, 0.05) is 17.9 Å². The van der Waals surface area contributed by atoms with E-state index in [1.165, 1.54) is 0 Å². The average molecular weight is 293 g/mol. The molecule has 112 valence electrons. The Kier molecular flexibility index (Phi) is 5.76. The summed E-state index contributed by atoms with van der Waals surface area (Å²) in [6, 6.07) is 18.6. The molecule has 2 unspecified atom stereocenters. The summed E-state index contributed by atoms with van der Waals surface area (Å²) in [5, 5.41) is 12.8. The molecule has 22 heavy (non-hydrogen) atoms. The standard InChI is InChI=1S/C19H19NO2/c1-15(18(21)14-17-10-6-3-7-11-17)20-19(22)13-12-16-8-4-2-5-9-16/h2-11,15,18,21H,14H2,1H3,(H,20,22). The van der Waals surface area contributed by atoms with Crippen molar-refractivity contribution in [2.75, 3.05) is 0 Å². The summed E-state index contributed by atoms with van der Waals surface area (Å²) in [7, 11) is 0. The fraction of sp³-hybridized carbons (Fsp3) is 0.211. The molecule has 2 atom stereocenters. The SMILES string of the molecule is CC(NC(=O)C#Cc1ccccc1)C(O)Cc1ccccc1. The zero-order valence-electron chi connectivity index (χ0n) is 12.5. The number of nitrogens with one attached hydrogen (secondary N) is 1. The first kappa shape index (κ1) is 15.8. The van der Waals surface area contributed by atoms with Crippen LogP contribution in [0.3, 0.4) is 0 Å². The number of carbonyl (C=O) groups excluding carboxylic acids is 1. The lowest BCUT2D eigenvalue weighted by Gasteiger charge is -2.19. The van der Waals surface area contributed by atoms with E-state index in [1.54, 1.807) is 6.92 Å². The molecule has 0 saturated carbocycles. The normalized spacial score (nSPS) is 12.6. The summed E-state index contributed by atoms with van der Waals surface area (Å²) in [4.78, 5) is 11.8. The summed E-state index contributed by atoms with van der Waals surface area (Å²) in [6.07, 6.45) is -0.154. The second kappa shape index (κ2) is 8.02. The Balaban J connectivity index is 1.87. The van der Waals surface area contributed by atoms with Crippen LogP contribution in [0.25, 0.3) is 0 Å². The molecule has 0 aromatic heterocycles. The van der Waals surface area contributed by atoms with E-state index in [-0.39, 0.29) is 11.9 Å². The average Bonchev–Trinajstić information content (AvgIpc) is 2.55. The predicted octanol–water partition coefficient (Wildman–Crippen LogP) is 2.15.